The van der Waals surface area contributed by atoms with Gasteiger partial charge in [0.25, 0.3) is 0 Å². The van der Waals surface area contributed by atoms with E-state index in [1.54, 1.807) is 19.2 Å². The SMILES string of the molecule is COCCN(c1cc(Br)ccc1C(=O)O)C(C)C. The van der Waals surface area contributed by atoms with Crippen molar-refractivity contribution in [3.8, 4) is 0 Å². The number of nitrogens with zero attached hydrogens (tertiary/aromatic N) is 1. The second kappa shape index (κ2) is 6.75. The molecule has 0 spiro atoms. The smallest absolute Gasteiger partial charge is 0.337 e. The van der Waals surface area contributed by atoms with Gasteiger partial charge in [0.2, 0.25) is 0 Å². The number of benzene rings is 1. The second-order valence-electron chi connectivity index (χ2n) is 4.25. The normalized spacial score (nSPS) is 10.7. The van der Waals surface area contributed by atoms with E-state index >= 15 is 0 Å². The minimum atomic E-state index is -0.916. The number of carboxylic acids is 1. The molecule has 0 aliphatic heterocycles. The van der Waals surface area contributed by atoms with Crippen molar-refractivity contribution in [1.82, 2.24) is 0 Å². The molecule has 1 N–H and O–H groups in total. The summed E-state index contributed by atoms with van der Waals surface area (Å²) in [4.78, 5) is 13.3. The number of rotatable bonds is 6. The molecule has 4 nitrogen and oxygen atoms in total. The van der Waals surface area contributed by atoms with E-state index in [1.165, 1.54) is 0 Å². The summed E-state index contributed by atoms with van der Waals surface area (Å²) in [5.41, 5.74) is 1.02. The zero-order chi connectivity index (χ0) is 13.7. The molecule has 1 rings (SSSR count). The number of carboxylic acid groups (broad SMARTS) is 1. The third-order valence-electron chi connectivity index (χ3n) is 2.66. The van der Waals surface area contributed by atoms with Crippen molar-refractivity contribution in [2.75, 3.05) is 25.2 Å². The van der Waals surface area contributed by atoms with E-state index in [1.807, 2.05) is 24.8 Å². The Morgan fingerprint density at radius 1 is 1.50 bits per heavy atom. The maximum absolute atomic E-state index is 11.3. The van der Waals surface area contributed by atoms with Crippen LogP contribution in [0.25, 0.3) is 0 Å². The van der Waals surface area contributed by atoms with E-state index in [0.717, 1.165) is 4.47 Å². The third kappa shape index (κ3) is 3.71. The Balaban J connectivity index is 3.16. The van der Waals surface area contributed by atoms with Crippen molar-refractivity contribution >= 4 is 27.6 Å². The highest BCUT2D eigenvalue weighted by molar-refractivity contribution is 9.10. The van der Waals surface area contributed by atoms with Crippen molar-refractivity contribution in [3.05, 3.63) is 28.2 Å². The summed E-state index contributed by atoms with van der Waals surface area (Å²) < 4.78 is 5.94. The monoisotopic (exact) mass is 315 g/mol. The number of ether oxygens (including phenoxy) is 1. The van der Waals surface area contributed by atoms with Crippen LogP contribution in [0.1, 0.15) is 24.2 Å². The van der Waals surface area contributed by atoms with E-state index in [4.69, 9.17) is 4.74 Å². The number of aromatic carboxylic acids is 1. The molecule has 0 radical (unpaired) electrons. The molecule has 0 heterocycles. The fraction of sp³-hybridized carbons (Fsp3) is 0.462. The highest BCUT2D eigenvalue weighted by atomic mass is 79.9. The molecule has 100 valence electrons. The minimum absolute atomic E-state index is 0.201. The molecular weight excluding hydrogens is 298 g/mol. The minimum Gasteiger partial charge on any atom is -0.478 e. The molecular formula is C13H18BrNO3. The first-order valence-electron chi connectivity index (χ1n) is 5.75. The summed E-state index contributed by atoms with van der Waals surface area (Å²) in [5, 5.41) is 9.24. The standard InChI is InChI=1S/C13H18BrNO3/c1-9(2)15(6-7-18-3)12-8-10(14)4-5-11(12)13(16)17/h4-5,8-9H,6-7H2,1-3H3,(H,16,17). The Hall–Kier alpha value is -1.07. The van der Waals surface area contributed by atoms with Crippen LogP contribution in [0.4, 0.5) is 5.69 Å². The lowest BCUT2D eigenvalue weighted by atomic mass is 10.1. The lowest BCUT2D eigenvalue weighted by Crippen LogP contribution is -2.35. The predicted molar refractivity (Wildman–Crippen MR) is 75.5 cm³/mol. The molecule has 0 saturated heterocycles. The number of hydrogen-bond donors (Lipinski definition) is 1. The summed E-state index contributed by atoms with van der Waals surface area (Å²) in [6, 6.07) is 5.39. The Bertz CT molecular complexity index is 421. The van der Waals surface area contributed by atoms with Gasteiger partial charge in [-0.3, -0.25) is 0 Å². The molecule has 0 aromatic heterocycles. The first-order chi connectivity index (χ1) is 8.47. The highest BCUT2D eigenvalue weighted by Crippen LogP contribution is 2.26. The molecule has 0 fully saturated rings. The van der Waals surface area contributed by atoms with Crippen molar-refractivity contribution in [2.24, 2.45) is 0 Å². The van der Waals surface area contributed by atoms with Crippen LogP contribution in [0.5, 0.6) is 0 Å². The van der Waals surface area contributed by atoms with Crippen LogP contribution in [0.2, 0.25) is 0 Å². The number of hydrogen-bond acceptors (Lipinski definition) is 3. The van der Waals surface area contributed by atoms with Crippen molar-refractivity contribution in [1.29, 1.82) is 0 Å². The lowest BCUT2D eigenvalue weighted by molar-refractivity contribution is 0.0697. The van der Waals surface area contributed by atoms with Crippen molar-refractivity contribution < 1.29 is 14.6 Å². The molecule has 0 aliphatic carbocycles. The van der Waals surface area contributed by atoms with Crippen LogP contribution in [-0.2, 0) is 4.74 Å². The summed E-state index contributed by atoms with van der Waals surface area (Å²) in [5.74, 6) is -0.916. The molecule has 5 heteroatoms. The van der Waals surface area contributed by atoms with Crippen molar-refractivity contribution in [3.63, 3.8) is 0 Å². The van der Waals surface area contributed by atoms with Gasteiger partial charge in [-0.15, -0.1) is 0 Å². The van der Waals surface area contributed by atoms with E-state index in [-0.39, 0.29) is 6.04 Å². The molecule has 0 atom stereocenters. The third-order valence-corrected chi connectivity index (χ3v) is 3.15. The predicted octanol–water partition coefficient (Wildman–Crippen LogP) is 3.01. The van der Waals surface area contributed by atoms with Crippen LogP contribution >= 0.6 is 15.9 Å². The molecule has 0 aliphatic rings. The second-order valence-corrected chi connectivity index (χ2v) is 5.16. The van der Waals surface area contributed by atoms with E-state index in [2.05, 4.69) is 15.9 Å². The Morgan fingerprint density at radius 3 is 2.67 bits per heavy atom. The number of halogens is 1. The fourth-order valence-electron chi connectivity index (χ4n) is 1.77. The average molecular weight is 316 g/mol. The van der Waals surface area contributed by atoms with E-state index in [9.17, 15) is 9.90 Å². The van der Waals surface area contributed by atoms with Gasteiger partial charge in [-0.25, -0.2) is 4.79 Å². The fourth-order valence-corrected chi connectivity index (χ4v) is 2.12. The lowest BCUT2D eigenvalue weighted by Gasteiger charge is -2.30. The molecule has 0 amide bonds. The van der Waals surface area contributed by atoms with Gasteiger partial charge in [-0.1, -0.05) is 15.9 Å². The first-order valence-corrected chi connectivity index (χ1v) is 6.55. The van der Waals surface area contributed by atoms with Crippen LogP contribution < -0.4 is 4.90 Å². The van der Waals surface area contributed by atoms with Gasteiger partial charge in [0.05, 0.1) is 17.9 Å². The molecule has 1 aromatic carbocycles. The van der Waals surface area contributed by atoms with Crippen LogP contribution in [0, 0.1) is 0 Å². The van der Waals surface area contributed by atoms with Crippen molar-refractivity contribution in [2.45, 2.75) is 19.9 Å². The summed E-state index contributed by atoms with van der Waals surface area (Å²) in [6.07, 6.45) is 0. The van der Waals surface area contributed by atoms with Gasteiger partial charge < -0.3 is 14.7 Å². The van der Waals surface area contributed by atoms with E-state index in [0.29, 0.717) is 24.4 Å². The summed E-state index contributed by atoms with van der Waals surface area (Å²) in [6.45, 7) is 5.28. The maximum atomic E-state index is 11.3. The van der Waals surface area contributed by atoms with Crippen LogP contribution in [-0.4, -0.2) is 37.4 Å². The van der Waals surface area contributed by atoms with Gasteiger partial charge in [-0.2, -0.15) is 0 Å². The number of methoxy groups -OCH3 is 1. The topological polar surface area (TPSA) is 49.8 Å². The molecule has 0 unspecified atom stereocenters. The molecule has 1 aromatic rings. The largest absolute Gasteiger partial charge is 0.478 e. The summed E-state index contributed by atoms with van der Waals surface area (Å²) >= 11 is 3.38. The van der Waals surface area contributed by atoms with Crippen LogP contribution in [0.15, 0.2) is 22.7 Å². The van der Waals surface area contributed by atoms with Gasteiger partial charge >= 0.3 is 5.97 Å². The quantitative estimate of drug-likeness (QED) is 0.876. The highest BCUT2D eigenvalue weighted by Gasteiger charge is 2.18. The zero-order valence-corrected chi connectivity index (χ0v) is 12.4. The first kappa shape index (κ1) is 15.0. The van der Waals surface area contributed by atoms with E-state index < -0.39 is 5.97 Å². The molecule has 0 bridgehead atoms. The average Bonchev–Trinajstić information content (AvgIpc) is 2.28. The Morgan fingerprint density at radius 2 is 2.17 bits per heavy atom. The number of anilines is 1. The zero-order valence-electron chi connectivity index (χ0n) is 10.8. The van der Waals surface area contributed by atoms with Gasteiger partial charge in [0.1, 0.15) is 0 Å². The van der Waals surface area contributed by atoms with Gasteiger partial charge in [-0.05, 0) is 32.0 Å². The number of carbonyl (C=O) groups is 1. The van der Waals surface area contributed by atoms with Crippen LogP contribution in [0.3, 0.4) is 0 Å². The molecule has 0 saturated carbocycles. The maximum Gasteiger partial charge on any atom is 0.337 e. The van der Waals surface area contributed by atoms with Gasteiger partial charge in [0.15, 0.2) is 0 Å². The molecule has 18 heavy (non-hydrogen) atoms. The Labute approximate surface area is 116 Å². The summed E-state index contributed by atoms with van der Waals surface area (Å²) in [7, 11) is 1.64. The van der Waals surface area contributed by atoms with Gasteiger partial charge in [0, 0.05) is 24.2 Å². The Kier molecular flexibility index (Phi) is 5.62.